The number of aryl methyl sites for hydroxylation is 2. The van der Waals surface area contributed by atoms with Crippen molar-refractivity contribution in [2.24, 2.45) is 0 Å². The SMILES string of the molecule is Cc1ccc(C)c(S(=O)(=O)N2CCN(c3nc4nccc(-c5ccc(Cl)c(Cl)c5)n4n3)CC2)c1. The van der Waals surface area contributed by atoms with E-state index in [4.69, 9.17) is 23.2 Å². The van der Waals surface area contributed by atoms with E-state index in [1.165, 1.54) is 4.31 Å². The molecule has 0 N–H and O–H groups in total. The highest BCUT2D eigenvalue weighted by Crippen LogP contribution is 2.29. The van der Waals surface area contributed by atoms with Gasteiger partial charge < -0.3 is 4.90 Å². The van der Waals surface area contributed by atoms with Crippen molar-refractivity contribution in [3.05, 3.63) is 69.8 Å². The molecule has 0 amide bonds. The molecule has 34 heavy (non-hydrogen) atoms. The zero-order valence-corrected chi connectivity index (χ0v) is 20.9. The normalized spacial score (nSPS) is 15.2. The third kappa shape index (κ3) is 4.13. The van der Waals surface area contributed by atoms with Crippen LogP contribution in [0.15, 0.2) is 53.6 Å². The molecule has 4 aromatic rings. The van der Waals surface area contributed by atoms with E-state index < -0.39 is 10.0 Å². The Labute approximate surface area is 207 Å². The molecule has 2 aromatic carbocycles. The predicted molar refractivity (Wildman–Crippen MR) is 133 cm³/mol. The lowest BCUT2D eigenvalue weighted by Crippen LogP contribution is -2.49. The number of halogens is 2. The molecule has 3 heterocycles. The summed E-state index contributed by atoms with van der Waals surface area (Å²) in [6.07, 6.45) is 1.67. The fourth-order valence-electron chi connectivity index (χ4n) is 4.04. The maximum Gasteiger partial charge on any atom is 0.254 e. The summed E-state index contributed by atoms with van der Waals surface area (Å²) in [6, 6.07) is 12.7. The van der Waals surface area contributed by atoms with Crippen LogP contribution < -0.4 is 4.90 Å². The van der Waals surface area contributed by atoms with Crippen molar-refractivity contribution in [1.82, 2.24) is 23.9 Å². The maximum atomic E-state index is 13.2. The van der Waals surface area contributed by atoms with Crippen LogP contribution >= 0.6 is 23.2 Å². The van der Waals surface area contributed by atoms with Crippen molar-refractivity contribution in [3.63, 3.8) is 0 Å². The van der Waals surface area contributed by atoms with Gasteiger partial charge in [0.25, 0.3) is 5.78 Å². The first-order valence-electron chi connectivity index (χ1n) is 10.7. The van der Waals surface area contributed by atoms with Crippen LogP contribution in [0.25, 0.3) is 17.0 Å². The Morgan fingerprint density at radius 3 is 2.41 bits per heavy atom. The highest BCUT2D eigenvalue weighted by molar-refractivity contribution is 7.89. The summed E-state index contributed by atoms with van der Waals surface area (Å²) >= 11 is 12.3. The number of hydrogen-bond acceptors (Lipinski definition) is 6. The number of hydrogen-bond donors (Lipinski definition) is 0. The van der Waals surface area contributed by atoms with Crippen LogP contribution in [-0.4, -0.2) is 58.5 Å². The van der Waals surface area contributed by atoms with Gasteiger partial charge in [0.1, 0.15) is 0 Å². The molecule has 1 fully saturated rings. The molecule has 5 rings (SSSR count). The number of fused-ring (bicyclic) bond motifs is 1. The first-order chi connectivity index (χ1) is 16.2. The number of sulfonamides is 1. The number of benzene rings is 2. The fraction of sp³-hybridized carbons (Fsp3) is 0.261. The lowest BCUT2D eigenvalue weighted by molar-refractivity contribution is 0.382. The molecule has 8 nitrogen and oxygen atoms in total. The minimum atomic E-state index is -3.57. The van der Waals surface area contributed by atoms with Gasteiger partial charge in [0, 0.05) is 37.9 Å². The monoisotopic (exact) mass is 516 g/mol. The fourth-order valence-corrected chi connectivity index (χ4v) is 6.07. The molecule has 0 atom stereocenters. The Morgan fingerprint density at radius 2 is 1.68 bits per heavy atom. The Bertz CT molecular complexity index is 1500. The van der Waals surface area contributed by atoms with Crippen LogP contribution in [0.4, 0.5) is 5.95 Å². The van der Waals surface area contributed by atoms with Crippen molar-refractivity contribution in [3.8, 4) is 11.3 Å². The van der Waals surface area contributed by atoms with Crippen LogP contribution in [0.1, 0.15) is 11.1 Å². The van der Waals surface area contributed by atoms with Gasteiger partial charge >= 0.3 is 0 Å². The standard InChI is InChI=1S/C23H22Cl2N6O2S/c1-15-3-4-16(2)21(13-15)34(32,33)30-11-9-29(10-12-30)23-27-22-26-8-7-20(31(22)28-23)17-5-6-18(24)19(25)14-17/h3-8,13-14H,9-12H2,1-2H3. The lowest BCUT2D eigenvalue weighted by Gasteiger charge is -2.33. The molecule has 0 bridgehead atoms. The van der Waals surface area contributed by atoms with Crippen LogP contribution in [-0.2, 0) is 10.0 Å². The highest BCUT2D eigenvalue weighted by Gasteiger charge is 2.31. The number of piperazine rings is 1. The average Bonchev–Trinajstić information content (AvgIpc) is 3.27. The van der Waals surface area contributed by atoms with Crippen molar-refractivity contribution >= 4 is 45.0 Å². The predicted octanol–water partition coefficient (Wildman–Crippen LogP) is 4.23. The summed E-state index contributed by atoms with van der Waals surface area (Å²) in [7, 11) is -3.57. The Morgan fingerprint density at radius 1 is 0.912 bits per heavy atom. The van der Waals surface area contributed by atoms with Gasteiger partial charge in [-0.1, -0.05) is 41.4 Å². The first kappa shape index (κ1) is 23.0. The van der Waals surface area contributed by atoms with Gasteiger partial charge in [0.15, 0.2) is 0 Å². The number of aromatic nitrogens is 4. The summed E-state index contributed by atoms with van der Waals surface area (Å²) in [4.78, 5) is 11.2. The summed E-state index contributed by atoms with van der Waals surface area (Å²) < 4.78 is 29.7. The van der Waals surface area contributed by atoms with Crippen molar-refractivity contribution < 1.29 is 8.42 Å². The minimum absolute atomic E-state index is 0.346. The molecule has 0 aliphatic carbocycles. The Kier molecular flexibility index (Phi) is 5.97. The molecular formula is C23H22Cl2N6O2S. The lowest BCUT2D eigenvalue weighted by atomic mass is 10.1. The van der Waals surface area contributed by atoms with Gasteiger partial charge in [0.05, 0.1) is 20.6 Å². The zero-order chi connectivity index (χ0) is 24.0. The van der Waals surface area contributed by atoms with Crippen LogP contribution in [0, 0.1) is 13.8 Å². The zero-order valence-electron chi connectivity index (χ0n) is 18.6. The second-order valence-corrected chi connectivity index (χ2v) is 11.0. The molecule has 0 spiro atoms. The number of rotatable bonds is 4. The second-order valence-electron chi connectivity index (χ2n) is 8.24. The quantitative estimate of drug-likeness (QED) is 0.403. The highest BCUT2D eigenvalue weighted by atomic mass is 35.5. The molecule has 1 aliphatic rings. The number of anilines is 1. The average molecular weight is 517 g/mol. The van der Waals surface area contributed by atoms with Gasteiger partial charge in [-0.15, -0.1) is 5.10 Å². The summed E-state index contributed by atoms with van der Waals surface area (Å²) in [6.45, 7) is 5.36. The third-order valence-electron chi connectivity index (χ3n) is 5.93. The molecule has 2 aromatic heterocycles. The summed E-state index contributed by atoms with van der Waals surface area (Å²) in [5.74, 6) is 0.952. The molecule has 1 aliphatic heterocycles. The van der Waals surface area contributed by atoms with Gasteiger partial charge in [-0.2, -0.15) is 13.8 Å². The molecule has 11 heteroatoms. The van der Waals surface area contributed by atoms with Gasteiger partial charge in [-0.05, 0) is 49.2 Å². The molecule has 0 radical (unpaired) electrons. The Hall–Kier alpha value is -2.72. The van der Waals surface area contributed by atoms with E-state index in [9.17, 15) is 8.42 Å². The minimum Gasteiger partial charge on any atom is -0.337 e. The Balaban J connectivity index is 1.39. The summed E-state index contributed by atoms with van der Waals surface area (Å²) in [5.41, 5.74) is 3.28. The number of nitrogens with zero attached hydrogens (tertiary/aromatic N) is 6. The smallest absolute Gasteiger partial charge is 0.254 e. The van der Waals surface area contributed by atoms with Crippen LogP contribution in [0.3, 0.4) is 0 Å². The van der Waals surface area contributed by atoms with Gasteiger partial charge in [-0.3, -0.25) is 0 Å². The molecule has 176 valence electrons. The molecule has 0 unspecified atom stereocenters. The largest absolute Gasteiger partial charge is 0.337 e. The maximum absolute atomic E-state index is 13.2. The van der Waals surface area contributed by atoms with E-state index in [1.807, 2.05) is 43.0 Å². The van der Waals surface area contributed by atoms with Crippen LogP contribution in [0.5, 0.6) is 0 Å². The van der Waals surface area contributed by atoms with Gasteiger partial charge in [-0.25, -0.2) is 13.4 Å². The van der Waals surface area contributed by atoms with Crippen molar-refractivity contribution in [2.75, 3.05) is 31.1 Å². The van der Waals surface area contributed by atoms with E-state index in [0.717, 1.165) is 22.4 Å². The van der Waals surface area contributed by atoms with E-state index in [-0.39, 0.29) is 0 Å². The van der Waals surface area contributed by atoms with Crippen molar-refractivity contribution in [2.45, 2.75) is 18.7 Å². The van der Waals surface area contributed by atoms with E-state index in [1.54, 1.807) is 28.9 Å². The van der Waals surface area contributed by atoms with Crippen molar-refractivity contribution in [1.29, 1.82) is 0 Å². The van der Waals surface area contributed by atoms with E-state index in [2.05, 4.69) is 15.1 Å². The third-order valence-corrected chi connectivity index (χ3v) is 8.71. The van der Waals surface area contributed by atoms with Crippen LogP contribution in [0.2, 0.25) is 10.0 Å². The van der Waals surface area contributed by atoms with E-state index in [0.29, 0.717) is 52.8 Å². The molecular weight excluding hydrogens is 495 g/mol. The molecule has 0 saturated carbocycles. The topological polar surface area (TPSA) is 83.7 Å². The van der Waals surface area contributed by atoms with E-state index >= 15 is 0 Å². The second kappa shape index (κ2) is 8.81. The molecule has 1 saturated heterocycles. The summed E-state index contributed by atoms with van der Waals surface area (Å²) in [5, 5.41) is 5.59. The van der Waals surface area contributed by atoms with Gasteiger partial charge in [0.2, 0.25) is 16.0 Å². The first-order valence-corrected chi connectivity index (χ1v) is 12.9.